The van der Waals surface area contributed by atoms with E-state index in [1.165, 1.54) is 0 Å². The number of H-pyrrole nitrogens is 1. The van der Waals surface area contributed by atoms with Crippen molar-refractivity contribution in [2.45, 2.75) is 6.61 Å². The highest BCUT2D eigenvalue weighted by molar-refractivity contribution is 9.13. The van der Waals surface area contributed by atoms with Gasteiger partial charge in [0.25, 0.3) is 5.91 Å². The molecule has 0 aliphatic heterocycles. The summed E-state index contributed by atoms with van der Waals surface area (Å²) in [6.45, 7) is 0.186. The molecule has 0 radical (unpaired) electrons. The normalized spacial score (nSPS) is 10.6. The van der Waals surface area contributed by atoms with Crippen molar-refractivity contribution in [3.05, 3.63) is 54.6 Å². The minimum Gasteiger partial charge on any atom is -0.344 e. The van der Waals surface area contributed by atoms with Crippen LogP contribution in [0.1, 0.15) is 16.1 Å². The van der Waals surface area contributed by atoms with Crippen LogP contribution in [-0.4, -0.2) is 10.9 Å². The van der Waals surface area contributed by atoms with Crippen LogP contribution in [0, 0.1) is 0 Å². The lowest BCUT2D eigenvalue weighted by molar-refractivity contribution is 0.0230. The summed E-state index contributed by atoms with van der Waals surface area (Å²) in [7, 11) is 0. The summed E-state index contributed by atoms with van der Waals surface area (Å²) >= 11 is 18.2. The number of amides is 1. The summed E-state index contributed by atoms with van der Waals surface area (Å²) in [5, 5.41) is 0.914. The molecule has 8 heteroatoms. The molecule has 0 aliphatic carbocycles. The first-order valence-corrected chi connectivity index (χ1v) is 7.71. The van der Waals surface area contributed by atoms with Crippen molar-refractivity contribution in [3.8, 4) is 0 Å². The Bertz CT molecular complexity index is 627. The number of nitrogens with one attached hydrogen (secondary N) is 2. The minimum absolute atomic E-state index is 0.186. The summed E-state index contributed by atoms with van der Waals surface area (Å²) in [5.74, 6) is -0.378. The molecule has 4 nitrogen and oxygen atoms in total. The molecule has 1 aromatic heterocycles. The van der Waals surface area contributed by atoms with E-state index in [9.17, 15) is 4.79 Å². The second kappa shape index (κ2) is 6.95. The van der Waals surface area contributed by atoms with Gasteiger partial charge in [-0.25, -0.2) is 5.48 Å². The van der Waals surface area contributed by atoms with Crippen molar-refractivity contribution >= 4 is 61.0 Å². The van der Waals surface area contributed by atoms with Crippen molar-refractivity contribution in [1.82, 2.24) is 10.5 Å². The molecule has 2 N–H and O–H groups in total. The molecule has 2 aromatic rings. The molecule has 20 heavy (non-hydrogen) atoms. The summed E-state index contributed by atoms with van der Waals surface area (Å²) in [6.07, 6.45) is 0. The smallest absolute Gasteiger partial charge is 0.291 e. The lowest BCUT2D eigenvalue weighted by atomic mass is 10.2. The highest BCUT2D eigenvalue weighted by Gasteiger charge is 2.11. The monoisotopic (exact) mass is 440 g/mol. The molecular weight excluding hydrogens is 435 g/mol. The van der Waals surface area contributed by atoms with Gasteiger partial charge in [0.1, 0.15) is 5.69 Å². The SMILES string of the molecule is O=C(NOCc1ccc(Cl)c(Cl)c1)c1cc(Br)c(Br)[nH]1. The number of hydrogen-bond acceptors (Lipinski definition) is 2. The number of halogens is 4. The third-order valence-corrected chi connectivity index (χ3v) is 4.88. The molecule has 0 aliphatic rings. The first-order chi connectivity index (χ1) is 9.47. The number of aromatic nitrogens is 1. The van der Waals surface area contributed by atoms with Gasteiger partial charge in [-0.2, -0.15) is 0 Å². The van der Waals surface area contributed by atoms with Gasteiger partial charge in [0.2, 0.25) is 0 Å². The molecule has 0 unspecified atom stereocenters. The van der Waals surface area contributed by atoms with Gasteiger partial charge in [-0.1, -0.05) is 29.3 Å². The van der Waals surface area contributed by atoms with Crippen LogP contribution in [0.25, 0.3) is 0 Å². The number of carbonyl (C=O) groups is 1. The molecule has 0 bridgehead atoms. The van der Waals surface area contributed by atoms with Crippen LogP contribution < -0.4 is 5.48 Å². The second-order valence-electron chi connectivity index (χ2n) is 3.81. The second-order valence-corrected chi connectivity index (χ2v) is 6.27. The highest BCUT2D eigenvalue weighted by atomic mass is 79.9. The Labute approximate surface area is 142 Å². The summed E-state index contributed by atoms with van der Waals surface area (Å²) in [5.41, 5.74) is 3.51. The fourth-order valence-electron chi connectivity index (χ4n) is 1.40. The van der Waals surface area contributed by atoms with Crippen LogP contribution in [0.15, 0.2) is 33.3 Å². The van der Waals surface area contributed by atoms with Crippen LogP contribution in [0.3, 0.4) is 0 Å². The molecule has 1 amide bonds. The first kappa shape index (κ1) is 15.9. The number of hydroxylamine groups is 1. The van der Waals surface area contributed by atoms with Crippen molar-refractivity contribution < 1.29 is 9.63 Å². The van der Waals surface area contributed by atoms with Crippen molar-refractivity contribution in [2.24, 2.45) is 0 Å². The highest BCUT2D eigenvalue weighted by Crippen LogP contribution is 2.24. The van der Waals surface area contributed by atoms with Gasteiger partial charge in [-0.05, 0) is 55.6 Å². The summed E-state index contributed by atoms with van der Waals surface area (Å²) in [6, 6.07) is 6.76. The van der Waals surface area contributed by atoms with Gasteiger partial charge in [0, 0.05) is 0 Å². The average molecular weight is 443 g/mol. The van der Waals surface area contributed by atoms with E-state index in [1.807, 2.05) is 0 Å². The van der Waals surface area contributed by atoms with Gasteiger partial charge in [-0.3, -0.25) is 9.63 Å². The fourth-order valence-corrected chi connectivity index (χ4v) is 2.37. The zero-order chi connectivity index (χ0) is 14.7. The predicted octanol–water partition coefficient (Wildman–Crippen LogP) is 4.71. The minimum atomic E-state index is -0.378. The quantitative estimate of drug-likeness (QED) is 0.674. The van der Waals surface area contributed by atoms with Crippen LogP contribution >= 0.6 is 55.1 Å². The van der Waals surface area contributed by atoms with Crippen LogP contribution in [0.4, 0.5) is 0 Å². The molecular formula is C12H8Br2Cl2N2O2. The van der Waals surface area contributed by atoms with Crippen LogP contribution in [-0.2, 0) is 11.4 Å². The molecule has 0 atom stereocenters. The largest absolute Gasteiger partial charge is 0.344 e. The van der Waals surface area contributed by atoms with Gasteiger partial charge < -0.3 is 4.98 Å². The van der Waals surface area contributed by atoms with E-state index in [-0.39, 0.29) is 12.5 Å². The third kappa shape index (κ3) is 3.99. The Kier molecular flexibility index (Phi) is 5.51. The topological polar surface area (TPSA) is 54.1 Å². The summed E-state index contributed by atoms with van der Waals surface area (Å²) < 4.78 is 1.44. The van der Waals surface area contributed by atoms with Crippen molar-refractivity contribution in [3.63, 3.8) is 0 Å². The Balaban J connectivity index is 1.89. The number of hydrogen-bond donors (Lipinski definition) is 2. The maximum absolute atomic E-state index is 11.8. The fraction of sp³-hybridized carbons (Fsp3) is 0.0833. The van der Waals surface area contributed by atoms with Gasteiger partial charge in [0.15, 0.2) is 0 Å². The van der Waals surface area contributed by atoms with Gasteiger partial charge in [-0.15, -0.1) is 0 Å². The average Bonchev–Trinajstić information content (AvgIpc) is 2.74. The van der Waals surface area contributed by atoms with E-state index in [2.05, 4.69) is 42.3 Å². The molecule has 0 spiro atoms. The molecule has 0 fully saturated rings. The van der Waals surface area contributed by atoms with Gasteiger partial charge >= 0.3 is 0 Å². The van der Waals surface area contributed by atoms with E-state index in [0.717, 1.165) is 10.0 Å². The maximum atomic E-state index is 11.8. The molecule has 0 saturated carbocycles. The van der Waals surface area contributed by atoms with Crippen LogP contribution in [0.5, 0.6) is 0 Å². The lowest BCUT2D eigenvalue weighted by Crippen LogP contribution is -2.23. The lowest BCUT2D eigenvalue weighted by Gasteiger charge is -2.06. The van der Waals surface area contributed by atoms with E-state index in [0.29, 0.717) is 20.3 Å². The molecule has 1 aromatic carbocycles. The Morgan fingerprint density at radius 1 is 1.25 bits per heavy atom. The zero-order valence-corrected chi connectivity index (χ0v) is 14.5. The van der Waals surface area contributed by atoms with E-state index in [1.54, 1.807) is 24.3 Å². The Morgan fingerprint density at radius 2 is 2.00 bits per heavy atom. The standard InChI is InChI=1S/C12H8Br2Cl2N2O2/c13-7-4-10(17-11(7)14)12(19)18-20-5-6-1-2-8(15)9(16)3-6/h1-4,17H,5H2,(H,18,19). The number of benzene rings is 1. The van der Waals surface area contributed by atoms with E-state index in [4.69, 9.17) is 28.0 Å². The van der Waals surface area contributed by atoms with E-state index >= 15 is 0 Å². The maximum Gasteiger partial charge on any atom is 0.291 e. The zero-order valence-electron chi connectivity index (χ0n) is 9.84. The predicted molar refractivity (Wildman–Crippen MR) is 84.9 cm³/mol. The number of rotatable bonds is 4. The molecule has 1 heterocycles. The number of aromatic amines is 1. The number of carbonyl (C=O) groups excluding carboxylic acids is 1. The van der Waals surface area contributed by atoms with Gasteiger partial charge in [0.05, 0.1) is 25.7 Å². The Morgan fingerprint density at radius 3 is 2.60 bits per heavy atom. The summed E-state index contributed by atoms with van der Waals surface area (Å²) in [4.78, 5) is 19.7. The van der Waals surface area contributed by atoms with Crippen molar-refractivity contribution in [2.75, 3.05) is 0 Å². The molecule has 0 saturated heterocycles. The van der Waals surface area contributed by atoms with Crippen molar-refractivity contribution in [1.29, 1.82) is 0 Å². The third-order valence-electron chi connectivity index (χ3n) is 2.36. The van der Waals surface area contributed by atoms with Crippen LogP contribution in [0.2, 0.25) is 10.0 Å². The Hall–Kier alpha value is -0.530. The first-order valence-electron chi connectivity index (χ1n) is 5.37. The molecule has 2 rings (SSSR count). The van der Waals surface area contributed by atoms with E-state index < -0.39 is 0 Å². The molecule has 106 valence electrons.